The molecule has 5 saturated heterocycles. The molecule has 0 amide bonds. The van der Waals surface area contributed by atoms with Crippen molar-refractivity contribution in [2.75, 3.05) is 107 Å². The maximum absolute atomic E-state index is 5.71. The number of piperazine rings is 1. The molecule has 7 heteroatoms. The molecule has 0 bridgehead atoms. The lowest BCUT2D eigenvalue weighted by Crippen LogP contribution is -2.47. The van der Waals surface area contributed by atoms with Crippen molar-refractivity contribution in [3.63, 3.8) is 0 Å². The lowest BCUT2D eigenvalue weighted by molar-refractivity contribution is -0.0232. The molecule has 296 valence electrons. The summed E-state index contributed by atoms with van der Waals surface area (Å²) in [6.45, 7) is 37.1. The van der Waals surface area contributed by atoms with Gasteiger partial charge in [0.2, 0.25) is 0 Å². The van der Waals surface area contributed by atoms with Crippen LogP contribution < -0.4 is 0 Å². The van der Waals surface area contributed by atoms with Crippen LogP contribution in [0.5, 0.6) is 0 Å². The largest absolute Gasteiger partial charge is 0.375 e. The monoisotopic (exact) mass is 697 g/mol. The summed E-state index contributed by atoms with van der Waals surface area (Å²) >= 11 is 0. The van der Waals surface area contributed by atoms with Crippen LogP contribution in [0.25, 0.3) is 0 Å². The fourth-order valence-corrected chi connectivity index (χ4v) is 6.54. The number of ether oxygens (including phenoxy) is 1. The summed E-state index contributed by atoms with van der Waals surface area (Å²) in [5.41, 5.74) is 0. The fourth-order valence-electron chi connectivity index (χ4n) is 6.54. The van der Waals surface area contributed by atoms with Crippen LogP contribution in [0.4, 0.5) is 0 Å². The maximum Gasteiger partial charge on any atom is 0.0603 e. The Kier molecular flexibility index (Phi) is 30.0. The zero-order valence-electron chi connectivity index (χ0n) is 36.1. The van der Waals surface area contributed by atoms with Crippen LogP contribution >= 0.6 is 0 Å². The molecule has 5 aliphatic heterocycles. The topological polar surface area (TPSA) is 28.7 Å². The van der Waals surface area contributed by atoms with E-state index in [0.29, 0.717) is 12.2 Å². The van der Waals surface area contributed by atoms with E-state index < -0.39 is 0 Å². The molecule has 0 unspecified atom stereocenters. The summed E-state index contributed by atoms with van der Waals surface area (Å²) in [6.07, 6.45) is 14.7. The first kappa shape index (κ1) is 48.7. The molecule has 5 aliphatic rings. The predicted molar refractivity (Wildman–Crippen MR) is 219 cm³/mol. The van der Waals surface area contributed by atoms with E-state index in [1.54, 1.807) is 0 Å². The lowest BCUT2D eigenvalue weighted by atomic mass is 10.0. The van der Waals surface area contributed by atoms with Crippen LogP contribution in [-0.4, -0.2) is 160 Å². The third-order valence-electron chi connectivity index (χ3n) is 9.57. The molecule has 7 nitrogen and oxygen atoms in total. The number of likely N-dealkylation sites (N-methyl/N-ethyl adjacent to an activating group) is 1. The molecule has 0 saturated carbocycles. The highest BCUT2D eigenvalue weighted by atomic mass is 16.5. The van der Waals surface area contributed by atoms with Crippen molar-refractivity contribution in [1.29, 1.82) is 0 Å². The summed E-state index contributed by atoms with van der Waals surface area (Å²) in [5, 5.41) is 0. The van der Waals surface area contributed by atoms with Crippen molar-refractivity contribution < 1.29 is 4.74 Å². The van der Waals surface area contributed by atoms with Crippen molar-refractivity contribution in [1.82, 2.24) is 29.4 Å². The van der Waals surface area contributed by atoms with E-state index >= 15 is 0 Å². The number of hydrogen-bond acceptors (Lipinski definition) is 7. The van der Waals surface area contributed by atoms with E-state index in [-0.39, 0.29) is 0 Å². The van der Waals surface area contributed by atoms with E-state index in [4.69, 9.17) is 4.74 Å². The van der Waals surface area contributed by atoms with Gasteiger partial charge in [0.15, 0.2) is 0 Å². The van der Waals surface area contributed by atoms with Gasteiger partial charge in [-0.2, -0.15) is 0 Å². The van der Waals surface area contributed by atoms with E-state index in [1.807, 2.05) is 0 Å². The second-order valence-electron chi connectivity index (χ2n) is 17.6. The molecule has 0 spiro atoms. The van der Waals surface area contributed by atoms with Gasteiger partial charge in [0.25, 0.3) is 0 Å². The summed E-state index contributed by atoms with van der Waals surface area (Å²) in [4.78, 5) is 14.9. The molecule has 5 heterocycles. The quantitative estimate of drug-likeness (QED) is 0.293. The highest BCUT2D eigenvalue weighted by molar-refractivity contribution is 4.80. The van der Waals surface area contributed by atoms with Gasteiger partial charge in [-0.1, -0.05) is 54.4 Å². The van der Waals surface area contributed by atoms with Gasteiger partial charge < -0.3 is 29.2 Å². The normalized spacial score (nSPS) is 22.9. The van der Waals surface area contributed by atoms with Gasteiger partial charge in [0.05, 0.1) is 12.2 Å². The number of hydrogen-bond donors (Lipinski definition) is 0. The minimum absolute atomic E-state index is 0.392. The molecule has 0 atom stereocenters. The summed E-state index contributed by atoms with van der Waals surface area (Å²) < 4.78 is 5.71. The Balaban J connectivity index is 0.000000593. The first-order chi connectivity index (χ1) is 23.1. The molecule has 0 radical (unpaired) electrons. The highest BCUT2D eigenvalue weighted by Crippen LogP contribution is 2.20. The second kappa shape index (κ2) is 30.2. The van der Waals surface area contributed by atoms with Gasteiger partial charge in [-0.3, -0.25) is 4.90 Å². The van der Waals surface area contributed by atoms with Gasteiger partial charge in [-0.25, -0.2) is 0 Å². The molecule has 0 aromatic carbocycles. The Morgan fingerprint density at radius 3 is 1.10 bits per heavy atom. The summed E-state index contributed by atoms with van der Waals surface area (Å²) in [6, 6.07) is 1.64. The van der Waals surface area contributed by atoms with Crippen LogP contribution in [0, 0.1) is 11.8 Å². The summed E-state index contributed by atoms with van der Waals surface area (Å²) in [5.74, 6) is 1.67. The van der Waals surface area contributed by atoms with E-state index in [0.717, 1.165) is 23.9 Å². The fraction of sp³-hybridized carbons (Fsp3) is 1.00. The average molecular weight is 697 g/mol. The van der Waals surface area contributed by atoms with Crippen molar-refractivity contribution in [3.8, 4) is 0 Å². The third-order valence-corrected chi connectivity index (χ3v) is 9.57. The average Bonchev–Trinajstić information content (AvgIpc) is 3.04. The third kappa shape index (κ3) is 29.9. The van der Waals surface area contributed by atoms with Crippen LogP contribution in [0.2, 0.25) is 0 Å². The highest BCUT2D eigenvalue weighted by Gasteiger charge is 2.24. The zero-order chi connectivity index (χ0) is 37.2. The zero-order valence-corrected chi connectivity index (χ0v) is 36.1. The van der Waals surface area contributed by atoms with Crippen molar-refractivity contribution >= 4 is 0 Å². The second-order valence-corrected chi connectivity index (χ2v) is 17.6. The smallest absolute Gasteiger partial charge is 0.0603 e. The van der Waals surface area contributed by atoms with Crippen LogP contribution in [-0.2, 0) is 4.74 Å². The van der Waals surface area contributed by atoms with Gasteiger partial charge >= 0.3 is 0 Å². The van der Waals surface area contributed by atoms with E-state index in [1.165, 1.54) is 143 Å². The molecule has 0 aromatic heterocycles. The number of likely N-dealkylation sites (tertiary alicyclic amines) is 4. The van der Waals surface area contributed by atoms with Gasteiger partial charge in [0, 0.05) is 51.4 Å². The molecular weight excluding hydrogens is 605 g/mol. The Labute approximate surface area is 309 Å². The molecular formula is C42H92N6O. The van der Waals surface area contributed by atoms with Crippen LogP contribution in [0.15, 0.2) is 0 Å². The Bertz CT molecular complexity index is 672. The van der Waals surface area contributed by atoms with Crippen molar-refractivity contribution in [2.45, 2.75) is 158 Å². The minimum Gasteiger partial charge on any atom is -0.375 e. The predicted octanol–water partition coefficient (Wildman–Crippen LogP) is 8.14. The molecule has 5 rings (SSSR count). The van der Waals surface area contributed by atoms with E-state index in [9.17, 15) is 0 Å². The molecule has 5 fully saturated rings. The SMILES string of the molecule is CC(C)C.CC(C)C.CC(C)N1CCN(C)CC1.CC(C)OC1CCN(C)CC1.CN1CCC(N2CCCCC2)CC1.CN1CCCCC1. The van der Waals surface area contributed by atoms with E-state index in [2.05, 4.69) is 127 Å². The van der Waals surface area contributed by atoms with Crippen molar-refractivity contribution in [3.05, 3.63) is 0 Å². The van der Waals surface area contributed by atoms with Crippen LogP contribution in [0.1, 0.15) is 133 Å². The van der Waals surface area contributed by atoms with Gasteiger partial charge in [-0.15, -0.1) is 0 Å². The number of rotatable bonds is 4. The Morgan fingerprint density at radius 1 is 0.408 bits per heavy atom. The molecule has 0 N–H and O–H groups in total. The number of nitrogens with zero attached hydrogens (tertiary/aromatic N) is 6. The Hall–Kier alpha value is -0.280. The number of piperidine rings is 4. The van der Waals surface area contributed by atoms with Crippen LogP contribution in [0.3, 0.4) is 0 Å². The Morgan fingerprint density at radius 2 is 0.755 bits per heavy atom. The summed E-state index contributed by atoms with van der Waals surface area (Å²) in [7, 11) is 8.80. The van der Waals surface area contributed by atoms with Gasteiger partial charge in [-0.05, 0) is 158 Å². The standard InChI is InChI=1S/C11H22N2.C9H19NO.C8H18N2.C6H13N.2C4H10/c1-12-9-5-11(6-10-12)13-7-3-2-4-8-13;1-8(2)11-9-4-6-10(3)7-5-9;1-8(2)10-6-4-9(3)5-7-10;1-7-5-3-2-4-6-7;2*1-4(2)3/h11H,2-10H2,1H3;8-9H,4-7H2,1-3H3;8H,4-7H2,1-3H3;2-6H2,1H3;2*4H,1-3H3. The molecule has 0 aromatic rings. The molecule has 49 heavy (non-hydrogen) atoms. The molecule has 0 aliphatic carbocycles. The first-order valence-electron chi connectivity index (χ1n) is 21.0. The lowest BCUT2D eigenvalue weighted by Gasteiger charge is -2.39. The first-order valence-corrected chi connectivity index (χ1v) is 21.0. The van der Waals surface area contributed by atoms with Crippen molar-refractivity contribution in [2.24, 2.45) is 11.8 Å². The van der Waals surface area contributed by atoms with Gasteiger partial charge in [0.1, 0.15) is 0 Å². The maximum atomic E-state index is 5.71. The minimum atomic E-state index is 0.392.